The third-order valence-corrected chi connectivity index (χ3v) is 2.24. The smallest absolute Gasteiger partial charge is 0.232 e. The van der Waals surface area contributed by atoms with Crippen molar-refractivity contribution in [2.75, 3.05) is 6.54 Å². The monoisotopic (exact) mass is 223 g/mol. The standard InChI is InChI=1S/C12H21N3O/c1-4-6-10(3)16-12-9-14-8-11(15-12)7-13-5-2/h8-10,13H,4-7H2,1-3H3. The van der Waals surface area contributed by atoms with E-state index in [1.165, 1.54) is 0 Å². The highest BCUT2D eigenvalue weighted by atomic mass is 16.5. The SMILES string of the molecule is CCCC(C)Oc1cncc(CNCC)n1. The number of aromatic nitrogens is 2. The molecule has 0 aliphatic carbocycles. The van der Waals surface area contributed by atoms with Crippen molar-refractivity contribution in [3.63, 3.8) is 0 Å². The van der Waals surface area contributed by atoms with Crippen molar-refractivity contribution in [1.29, 1.82) is 0 Å². The van der Waals surface area contributed by atoms with Gasteiger partial charge in [-0.1, -0.05) is 20.3 Å². The van der Waals surface area contributed by atoms with Crippen molar-refractivity contribution in [3.05, 3.63) is 18.1 Å². The van der Waals surface area contributed by atoms with Gasteiger partial charge in [-0.3, -0.25) is 4.98 Å². The Labute approximate surface area is 97.5 Å². The molecule has 1 atom stereocenters. The van der Waals surface area contributed by atoms with Crippen LogP contribution in [0.4, 0.5) is 0 Å². The summed E-state index contributed by atoms with van der Waals surface area (Å²) in [5.74, 6) is 0.622. The van der Waals surface area contributed by atoms with Crippen LogP contribution in [0.2, 0.25) is 0 Å². The van der Waals surface area contributed by atoms with Crippen LogP contribution in [-0.2, 0) is 6.54 Å². The maximum Gasteiger partial charge on any atom is 0.232 e. The third kappa shape index (κ3) is 4.57. The van der Waals surface area contributed by atoms with Crippen molar-refractivity contribution in [2.45, 2.75) is 46.3 Å². The molecule has 1 N–H and O–H groups in total. The second-order valence-corrected chi connectivity index (χ2v) is 3.85. The van der Waals surface area contributed by atoms with Crippen LogP contribution < -0.4 is 10.1 Å². The Morgan fingerprint density at radius 1 is 1.38 bits per heavy atom. The van der Waals surface area contributed by atoms with E-state index < -0.39 is 0 Å². The second-order valence-electron chi connectivity index (χ2n) is 3.85. The van der Waals surface area contributed by atoms with E-state index in [0.29, 0.717) is 5.88 Å². The van der Waals surface area contributed by atoms with Crippen LogP contribution in [0.15, 0.2) is 12.4 Å². The van der Waals surface area contributed by atoms with Crippen LogP contribution in [0.5, 0.6) is 5.88 Å². The van der Waals surface area contributed by atoms with Crippen LogP contribution in [0.25, 0.3) is 0 Å². The largest absolute Gasteiger partial charge is 0.474 e. The van der Waals surface area contributed by atoms with Crippen molar-refractivity contribution < 1.29 is 4.74 Å². The molecule has 0 amide bonds. The van der Waals surface area contributed by atoms with E-state index in [9.17, 15) is 0 Å². The predicted molar refractivity (Wildman–Crippen MR) is 64.4 cm³/mol. The first-order chi connectivity index (χ1) is 7.76. The molecule has 4 heteroatoms. The van der Waals surface area contributed by atoms with E-state index in [1.807, 2.05) is 0 Å². The summed E-state index contributed by atoms with van der Waals surface area (Å²) in [5.41, 5.74) is 0.919. The Hall–Kier alpha value is -1.16. The third-order valence-electron chi connectivity index (χ3n) is 2.24. The lowest BCUT2D eigenvalue weighted by atomic mass is 10.2. The van der Waals surface area contributed by atoms with Crippen molar-refractivity contribution in [2.24, 2.45) is 0 Å². The van der Waals surface area contributed by atoms with Crippen LogP contribution in [0.1, 0.15) is 39.3 Å². The average Bonchev–Trinajstić information content (AvgIpc) is 2.27. The molecule has 0 fully saturated rings. The average molecular weight is 223 g/mol. The number of hydrogen-bond donors (Lipinski definition) is 1. The first-order valence-corrected chi connectivity index (χ1v) is 5.94. The van der Waals surface area contributed by atoms with Gasteiger partial charge in [0.05, 0.1) is 18.0 Å². The van der Waals surface area contributed by atoms with Gasteiger partial charge in [-0.15, -0.1) is 0 Å². The lowest BCUT2D eigenvalue weighted by Gasteiger charge is -2.12. The van der Waals surface area contributed by atoms with Gasteiger partial charge in [-0.05, 0) is 19.9 Å². The molecule has 1 rings (SSSR count). The van der Waals surface area contributed by atoms with Crippen molar-refractivity contribution in [1.82, 2.24) is 15.3 Å². The first kappa shape index (κ1) is 12.9. The quantitative estimate of drug-likeness (QED) is 0.769. The molecule has 90 valence electrons. The summed E-state index contributed by atoms with van der Waals surface area (Å²) < 4.78 is 5.67. The molecule has 0 saturated carbocycles. The summed E-state index contributed by atoms with van der Waals surface area (Å²) in [7, 11) is 0. The van der Waals surface area contributed by atoms with Gasteiger partial charge in [0.15, 0.2) is 0 Å². The van der Waals surface area contributed by atoms with Gasteiger partial charge in [0.1, 0.15) is 0 Å². The summed E-state index contributed by atoms with van der Waals surface area (Å²) in [6.45, 7) is 7.94. The normalized spacial score (nSPS) is 12.4. The summed E-state index contributed by atoms with van der Waals surface area (Å²) >= 11 is 0. The molecule has 16 heavy (non-hydrogen) atoms. The molecule has 1 heterocycles. The van der Waals surface area contributed by atoms with E-state index in [2.05, 4.69) is 36.1 Å². The van der Waals surface area contributed by atoms with Gasteiger partial charge in [0, 0.05) is 12.7 Å². The summed E-state index contributed by atoms with van der Waals surface area (Å²) in [6, 6.07) is 0. The maximum atomic E-state index is 5.67. The Morgan fingerprint density at radius 2 is 2.19 bits per heavy atom. The molecule has 0 spiro atoms. The van der Waals surface area contributed by atoms with Gasteiger partial charge in [0.25, 0.3) is 0 Å². The van der Waals surface area contributed by atoms with Crippen molar-refractivity contribution in [3.8, 4) is 5.88 Å². The number of hydrogen-bond acceptors (Lipinski definition) is 4. The van der Waals surface area contributed by atoms with Crippen molar-refractivity contribution >= 4 is 0 Å². The molecule has 1 unspecified atom stereocenters. The Bertz CT molecular complexity index is 304. The Morgan fingerprint density at radius 3 is 2.88 bits per heavy atom. The van der Waals surface area contributed by atoms with E-state index in [0.717, 1.165) is 31.6 Å². The van der Waals surface area contributed by atoms with Gasteiger partial charge >= 0.3 is 0 Å². The minimum absolute atomic E-state index is 0.202. The van der Waals surface area contributed by atoms with E-state index in [4.69, 9.17) is 4.74 Å². The van der Waals surface area contributed by atoms with Gasteiger partial charge in [-0.2, -0.15) is 0 Å². The topological polar surface area (TPSA) is 47.0 Å². The first-order valence-electron chi connectivity index (χ1n) is 5.94. The molecule has 0 aliphatic heterocycles. The summed E-state index contributed by atoms with van der Waals surface area (Å²) in [6.07, 6.45) is 5.79. The molecule has 0 radical (unpaired) electrons. The highest BCUT2D eigenvalue weighted by molar-refractivity contribution is 5.08. The van der Waals surface area contributed by atoms with Crippen LogP contribution in [0, 0.1) is 0 Å². The van der Waals surface area contributed by atoms with Crippen LogP contribution >= 0.6 is 0 Å². The lowest BCUT2D eigenvalue weighted by molar-refractivity contribution is 0.200. The van der Waals surface area contributed by atoms with E-state index >= 15 is 0 Å². The molecular formula is C12H21N3O. The molecular weight excluding hydrogens is 202 g/mol. The number of rotatable bonds is 7. The highest BCUT2D eigenvalue weighted by Crippen LogP contribution is 2.10. The highest BCUT2D eigenvalue weighted by Gasteiger charge is 2.04. The lowest BCUT2D eigenvalue weighted by Crippen LogP contribution is -2.15. The number of nitrogens with one attached hydrogen (secondary N) is 1. The zero-order chi connectivity index (χ0) is 11.8. The Kier molecular flexibility index (Phi) is 5.78. The maximum absolute atomic E-state index is 5.67. The summed E-state index contributed by atoms with van der Waals surface area (Å²) in [4.78, 5) is 8.51. The molecule has 1 aromatic heterocycles. The molecule has 1 aromatic rings. The number of ether oxygens (including phenoxy) is 1. The summed E-state index contributed by atoms with van der Waals surface area (Å²) in [5, 5.41) is 3.21. The van der Waals surface area contributed by atoms with Crippen LogP contribution in [0.3, 0.4) is 0 Å². The molecule has 0 saturated heterocycles. The van der Waals surface area contributed by atoms with Gasteiger partial charge in [0.2, 0.25) is 5.88 Å². The van der Waals surface area contributed by atoms with E-state index in [1.54, 1.807) is 12.4 Å². The zero-order valence-corrected chi connectivity index (χ0v) is 10.4. The van der Waals surface area contributed by atoms with E-state index in [-0.39, 0.29) is 6.10 Å². The molecule has 0 bridgehead atoms. The second kappa shape index (κ2) is 7.17. The molecule has 0 aliphatic rings. The predicted octanol–water partition coefficient (Wildman–Crippen LogP) is 2.15. The molecule has 0 aromatic carbocycles. The van der Waals surface area contributed by atoms with Gasteiger partial charge < -0.3 is 10.1 Å². The number of nitrogens with zero attached hydrogens (tertiary/aromatic N) is 2. The fraction of sp³-hybridized carbons (Fsp3) is 0.667. The minimum Gasteiger partial charge on any atom is -0.474 e. The fourth-order valence-electron chi connectivity index (χ4n) is 1.45. The van der Waals surface area contributed by atoms with Crippen LogP contribution in [-0.4, -0.2) is 22.6 Å². The molecule has 4 nitrogen and oxygen atoms in total. The minimum atomic E-state index is 0.202. The fourth-order valence-corrected chi connectivity index (χ4v) is 1.45. The Balaban J connectivity index is 2.52. The zero-order valence-electron chi connectivity index (χ0n) is 10.4. The van der Waals surface area contributed by atoms with Gasteiger partial charge in [-0.25, -0.2) is 4.98 Å².